The fourth-order valence-electron chi connectivity index (χ4n) is 1.69. The molecule has 1 atom stereocenters. The first kappa shape index (κ1) is 16.0. The molecule has 20 heavy (non-hydrogen) atoms. The first-order chi connectivity index (χ1) is 9.43. The molecule has 3 amide bonds. The van der Waals surface area contributed by atoms with Crippen molar-refractivity contribution in [1.29, 1.82) is 0 Å². The van der Waals surface area contributed by atoms with Crippen LogP contribution in [0.3, 0.4) is 0 Å². The van der Waals surface area contributed by atoms with Gasteiger partial charge in [-0.2, -0.15) is 5.10 Å². The molecule has 0 fully saturated rings. The summed E-state index contributed by atoms with van der Waals surface area (Å²) in [4.78, 5) is 22.4. The zero-order valence-electron chi connectivity index (χ0n) is 12.5. The summed E-state index contributed by atoms with van der Waals surface area (Å²) in [6, 6.07) is 1.75. The summed E-state index contributed by atoms with van der Waals surface area (Å²) in [6.45, 7) is 8.23. The maximum Gasteiger partial charge on any atom is 0.320 e. The number of carbonyl (C=O) groups excluding carboxylic acids is 2. The molecule has 0 saturated carbocycles. The number of hydrogen-bond acceptors (Lipinski definition) is 3. The molecule has 0 aromatic carbocycles. The van der Waals surface area contributed by atoms with E-state index in [1.807, 2.05) is 24.6 Å². The topological polar surface area (TPSA) is 88.1 Å². The number of carbonyl (C=O) groups is 2. The molecule has 1 rings (SSSR count). The molecule has 0 aliphatic heterocycles. The minimum Gasteiger partial charge on any atom is -0.355 e. The number of rotatable bonds is 6. The van der Waals surface area contributed by atoms with E-state index in [9.17, 15) is 9.59 Å². The highest BCUT2D eigenvalue weighted by Gasteiger charge is 2.12. The number of nitrogens with one attached hydrogen (secondary N) is 3. The summed E-state index contributed by atoms with van der Waals surface area (Å²) < 4.78 is 1.81. The summed E-state index contributed by atoms with van der Waals surface area (Å²) in [5, 5.41) is 12.4. The molecule has 1 aromatic heterocycles. The van der Waals surface area contributed by atoms with Crippen molar-refractivity contribution < 1.29 is 9.59 Å². The molecular formula is C13H23N5O2. The predicted octanol–water partition coefficient (Wildman–Crippen LogP) is 1.42. The second kappa shape index (κ2) is 7.52. The van der Waals surface area contributed by atoms with Gasteiger partial charge in [0.25, 0.3) is 0 Å². The molecule has 0 spiro atoms. The Morgan fingerprint density at radius 3 is 2.60 bits per heavy atom. The molecule has 0 aliphatic carbocycles. The number of anilines is 1. The van der Waals surface area contributed by atoms with Crippen LogP contribution in [0.2, 0.25) is 0 Å². The summed E-state index contributed by atoms with van der Waals surface area (Å²) in [7, 11) is 0. The van der Waals surface area contributed by atoms with Gasteiger partial charge in [0.05, 0.1) is 11.7 Å². The number of aromatic nitrogens is 2. The van der Waals surface area contributed by atoms with Crippen LogP contribution in [0, 0.1) is 6.92 Å². The molecule has 0 unspecified atom stereocenters. The maximum absolute atomic E-state index is 11.8. The maximum atomic E-state index is 11.8. The van der Waals surface area contributed by atoms with E-state index in [1.165, 1.54) is 6.92 Å². The molecule has 0 radical (unpaired) electrons. The third kappa shape index (κ3) is 4.91. The number of aryl methyl sites for hydroxylation is 1. The van der Waals surface area contributed by atoms with E-state index in [-0.39, 0.29) is 18.0 Å². The second-order valence-corrected chi connectivity index (χ2v) is 4.74. The number of amides is 3. The normalized spacial score (nSPS) is 11.8. The lowest BCUT2D eigenvalue weighted by molar-refractivity contribution is -0.118. The molecular weight excluding hydrogens is 258 g/mol. The van der Waals surface area contributed by atoms with Gasteiger partial charge in [-0.05, 0) is 20.3 Å². The lowest BCUT2D eigenvalue weighted by Gasteiger charge is -2.14. The minimum absolute atomic E-state index is 0.113. The van der Waals surface area contributed by atoms with Crippen molar-refractivity contribution in [2.45, 2.75) is 40.2 Å². The average Bonchev–Trinajstić information content (AvgIpc) is 2.74. The quantitative estimate of drug-likeness (QED) is 0.689. The van der Waals surface area contributed by atoms with Gasteiger partial charge in [-0.25, -0.2) is 9.48 Å². The van der Waals surface area contributed by atoms with E-state index in [1.54, 1.807) is 0 Å². The molecule has 1 heterocycles. The van der Waals surface area contributed by atoms with Crippen LogP contribution in [0.25, 0.3) is 0 Å². The molecule has 7 heteroatoms. The molecule has 112 valence electrons. The van der Waals surface area contributed by atoms with Gasteiger partial charge in [0.15, 0.2) is 0 Å². The van der Waals surface area contributed by atoms with Crippen LogP contribution in [0.1, 0.15) is 38.9 Å². The SMILES string of the molecule is CC[C@@H](C)n1nc(C)cc1NC(=O)NCCNC(C)=O. The zero-order chi connectivity index (χ0) is 15.1. The van der Waals surface area contributed by atoms with Crippen LogP contribution in [-0.4, -0.2) is 34.8 Å². The Bertz CT molecular complexity index is 469. The Kier molecular flexibility index (Phi) is 6.02. The van der Waals surface area contributed by atoms with Crippen LogP contribution in [0.4, 0.5) is 10.6 Å². The summed E-state index contributed by atoms with van der Waals surface area (Å²) in [5.41, 5.74) is 0.860. The van der Waals surface area contributed by atoms with Gasteiger partial charge >= 0.3 is 6.03 Å². The van der Waals surface area contributed by atoms with Crippen LogP contribution in [0.5, 0.6) is 0 Å². The average molecular weight is 281 g/mol. The van der Waals surface area contributed by atoms with E-state index in [0.29, 0.717) is 18.9 Å². The first-order valence-electron chi connectivity index (χ1n) is 6.79. The van der Waals surface area contributed by atoms with E-state index in [4.69, 9.17) is 0 Å². The first-order valence-corrected chi connectivity index (χ1v) is 6.79. The van der Waals surface area contributed by atoms with Crippen LogP contribution >= 0.6 is 0 Å². The van der Waals surface area contributed by atoms with Crippen molar-refractivity contribution in [3.63, 3.8) is 0 Å². The molecule has 3 N–H and O–H groups in total. The van der Waals surface area contributed by atoms with Crippen LogP contribution < -0.4 is 16.0 Å². The van der Waals surface area contributed by atoms with Gasteiger partial charge in [0, 0.05) is 26.1 Å². The van der Waals surface area contributed by atoms with E-state index in [0.717, 1.165) is 12.1 Å². The van der Waals surface area contributed by atoms with Gasteiger partial charge in [-0.15, -0.1) is 0 Å². The van der Waals surface area contributed by atoms with Crippen LogP contribution in [-0.2, 0) is 4.79 Å². The molecule has 0 saturated heterocycles. The molecule has 1 aromatic rings. The lowest BCUT2D eigenvalue weighted by Crippen LogP contribution is -2.36. The highest BCUT2D eigenvalue weighted by atomic mass is 16.2. The standard InChI is InChI=1S/C13H23N5O2/c1-5-10(3)18-12(8-9(2)17-18)16-13(20)15-7-6-14-11(4)19/h8,10H,5-7H2,1-4H3,(H,14,19)(H2,15,16,20)/t10-/m1/s1. The van der Waals surface area contributed by atoms with Gasteiger partial charge in [-0.3, -0.25) is 10.1 Å². The van der Waals surface area contributed by atoms with E-state index in [2.05, 4.69) is 28.0 Å². The summed E-state index contributed by atoms with van der Waals surface area (Å²) >= 11 is 0. The fourth-order valence-corrected chi connectivity index (χ4v) is 1.69. The number of urea groups is 1. The van der Waals surface area contributed by atoms with Crippen molar-refractivity contribution in [1.82, 2.24) is 20.4 Å². The Morgan fingerprint density at radius 2 is 2.00 bits per heavy atom. The highest BCUT2D eigenvalue weighted by molar-refractivity contribution is 5.88. The van der Waals surface area contributed by atoms with Crippen LogP contribution in [0.15, 0.2) is 6.07 Å². The predicted molar refractivity (Wildman–Crippen MR) is 77.7 cm³/mol. The summed E-state index contributed by atoms with van der Waals surface area (Å²) in [5.74, 6) is 0.562. The van der Waals surface area contributed by atoms with Crippen molar-refractivity contribution in [3.05, 3.63) is 11.8 Å². The van der Waals surface area contributed by atoms with E-state index < -0.39 is 0 Å². The van der Waals surface area contributed by atoms with Crippen molar-refractivity contribution in [3.8, 4) is 0 Å². The van der Waals surface area contributed by atoms with Gasteiger partial charge < -0.3 is 10.6 Å². The Hall–Kier alpha value is -2.05. The van der Waals surface area contributed by atoms with Gasteiger partial charge in [0.1, 0.15) is 5.82 Å². The number of hydrogen-bond donors (Lipinski definition) is 3. The third-order valence-electron chi connectivity index (χ3n) is 2.89. The Balaban J connectivity index is 2.51. The molecule has 0 aliphatic rings. The monoisotopic (exact) mass is 281 g/mol. The van der Waals surface area contributed by atoms with Gasteiger partial charge in [-0.1, -0.05) is 6.92 Å². The smallest absolute Gasteiger partial charge is 0.320 e. The number of nitrogens with zero attached hydrogens (tertiary/aromatic N) is 2. The summed E-state index contributed by atoms with van der Waals surface area (Å²) in [6.07, 6.45) is 0.931. The molecule has 0 bridgehead atoms. The highest BCUT2D eigenvalue weighted by Crippen LogP contribution is 2.18. The van der Waals surface area contributed by atoms with Crippen molar-refractivity contribution in [2.75, 3.05) is 18.4 Å². The lowest BCUT2D eigenvalue weighted by atomic mass is 10.3. The Morgan fingerprint density at radius 1 is 1.35 bits per heavy atom. The van der Waals surface area contributed by atoms with Gasteiger partial charge in [0.2, 0.25) is 5.91 Å². The Labute approximate surface area is 119 Å². The fraction of sp³-hybridized carbons (Fsp3) is 0.615. The third-order valence-corrected chi connectivity index (χ3v) is 2.89. The van der Waals surface area contributed by atoms with Crippen molar-refractivity contribution in [2.24, 2.45) is 0 Å². The van der Waals surface area contributed by atoms with E-state index >= 15 is 0 Å². The molecule has 7 nitrogen and oxygen atoms in total. The zero-order valence-corrected chi connectivity index (χ0v) is 12.5. The second-order valence-electron chi connectivity index (χ2n) is 4.74. The minimum atomic E-state index is -0.306. The largest absolute Gasteiger partial charge is 0.355 e. The van der Waals surface area contributed by atoms with Crippen molar-refractivity contribution >= 4 is 17.8 Å².